The number of aromatic nitrogens is 2. The van der Waals surface area contributed by atoms with Crippen LogP contribution in [-0.2, 0) is 16.0 Å². The van der Waals surface area contributed by atoms with Gasteiger partial charge in [-0.25, -0.2) is 4.79 Å². The molecule has 0 aliphatic carbocycles. The lowest BCUT2D eigenvalue weighted by molar-refractivity contribution is -0.149. The minimum atomic E-state index is -0.404. The lowest BCUT2D eigenvalue weighted by Gasteiger charge is -2.25. The summed E-state index contributed by atoms with van der Waals surface area (Å²) in [5, 5.41) is 3.98. The van der Waals surface area contributed by atoms with Crippen LogP contribution in [0.25, 0.3) is 0 Å². The maximum atomic E-state index is 12.4. The highest BCUT2D eigenvalue weighted by Gasteiger charge is 2.49. The number of nitrogens with zero attached hydrogens (tertiary/aromatic N) is 3. The molecule has 7 heteroatoms. The molecule has 1 aromatic rings. The Morgan fingerprint density at radius 3 is 3.11 bits per heavy atom. The number of amides is 1. The van der Waals surface area contributed by atoms with Gasteiger partial charge in [0.1, 0.15) is 17.0 Å². The van der Waals surface area contributed by atoms with Crippen LogP contribution in [0.4, 0.5) is 0 Å². The van der Waals surface area contributed by atoms with Crippen molar-refractivity contribution in [3.05, 3.63) is 10.6 Å². The number of aryl methyl sites for hydroxylation is 1. The van der Waals surface area contributed by atoms with Crippen molar-refractivity contribution < 1.29 is 14.3 Å². The number of rotatable bonds is 3. The highest BCUT2D eigenvalue weighted by atomic mass is 32.1. The van der Waals surface area contributed by atoms with Crippen LogP contribution in [0.5, 0.6) is 0 Å². The van der Waals surface area contributed by atoms with Crippen molar-refractivity contribution in [1.82, 2.24) is 14.5 Å². The minimum Gasteiger partial charge on any atom is -0.459 e. The molecular formula is C11H13N3O3S. The largest absolute Gasteiger partial charge is 0.459 e. The number of fused-ring (bicyclic) bond motifs is 2. The van der Waals surface area contributed by atoms with E-state index in [1.165, 1.54) is 0 Å². The maximum absolute atomic E-state index is 12.4. The van der Waals surface area contributed by atoms with Gasteiger partial charge in [0.15, 0.2) is 0 Å². The number of likely N-dealkylation sites (tertiary alicyclic amines) is 1. The van der Waals surface area contributed by atoms with E-state index in [0.717, 1.165) is 30.1 Å². The predicted molar refractivity (Wildman–Crippen MR) is 63.2 cm³/mol. The molecule has 1 aromatic heterocycles. The molecule has 2 saturated heterocycles. The summed E-state index contributed by atoms with van der Waals surface area (Å²) < 4.78 is 8.92. The van der Waals surface area contributed by atoms with E-state index in [1.807, 2.05) is 6.92 Å². The topological polar surface area (TPSA) is 72.4 Å². The highest BCUT2D eigenvalue weighted by Crippen LogP contribution is 2.31. The molecule has 2 bridgehead atoms. The van der Waals surface area contributed by atoms with E-state index in [2.05, 4.69) is 9.59 Å². The molecule has 0 aromatic carbocycles. The summed E-state index contributed by atoms with van der Waals surface area (Å²) in [7, 11) is 0. The van der Waals surface area contributed by atoms with Gasteiger partial charge in [-0.1, -0.05) is 17.8 Å². The van der Waals surface area contributed by atoms with Crippen LogP contribution in [0.15, 0.2) is 0 Å². The van der Waals surface area contributed by atoms with Crippen molar-refractivity contribution in [3.8, 4) is 0 Å². The third-order valence-electron chi connectivity index (χ3n) is 3.32. The zero-order chi connectivity index (χ0) is 12.7. The standard InChI is InChI=1S/C11H13N3O3S/c1-2-3-7-9(18-13-12-7)10(15)14-5-6-4-8(14)11(16)17-6/h6,8H,2-5H2,1H3/t6-,8-/m0/s1. The van der Waals surface area contributed by atoms with E-state index >= 15 is 0 Å². The second kappa shape index (κ2) is 4.31. The lowest BCUT2D eigenvalue weighted by atomic mass is 10.2. The second-order valence-electron chi connectivity index (χ2n) is 4.57. The number of carbonyl (C=O) groups excluding carboxylic acids is 2. The van der Waals surface area contributed by atoms with Gasteiger partial charge in [-0.3, -0.25) is 4.79 Å². The quantitative estimate of drug-likeness (QED) is 0.751. The first kappa shape index (κ1) is 11.6. The van der Waals surface area contributed by atoms with Crippen LogP contribution in [0.2, 0.25) is 0 Å². The van der Waals surface area contributed by atoms with Gasteiger partial charge in [0.05, 0.1) is 12.2 Å². The Kier molecular flexibility index (Phi) is 2.77. The summed E-state index contributed by atoms with van der Waals surface area (Å²) in [4.78, 5) is 26.0. The Morgan fingerprint density at radius 2 is 2.44 bits per heavy atom. The van der Waals surface area contributed by atoms with Crippen LogP contribution < -0.4 is 0 Å². The minimum absolute atomic E-state index is 0.123. The van der Waals surface area contributed by atoms with Crippen LogP contribution in [-0.4, -0.2) is 45.1 Å². The Labute approximate surface area is 108 Å². The van der Waals surface area contributed by atoms with Crippen molar-refractivity contribution in [2.24, 2.45) is 0 Å². The summed E-state index contributed by atoms with van der Waals surface area (Å²) in [6.45, 7) is 2.53. The molecule has 0 saturated carbocycles. The maximum Gasteiger partial charge on any atom is 0.329 e. The molecule has 3 heterocycles. The van der Waals surface area contributed by atoms with E-state index in [9.17, 15) is 9.59 Å². The average Bonchev–Trinajstić information content (AvgIpc) is 3.02. The molecule has 0 spiro atoms. The molecular weight excluding hydrogens is 254 g/mol. The third-order valence-corrected chi connectivity index (χ3v) is 4.07. The number of ether oxygens (including phenoxy) is 1. The fourth-order valence-electron chi connectivity index (χ4n) is 2.48. The summed E-state index contributed by atoms with van der Waals surface area (Å²) >= 11 is 1.11. The highest BCUT2D eigenvalue weighted by molar-refractivity contribution is 7.08. The van der Waals surface area contributed by atoms with Gasteiger partial charge >= 0.3 is 5.97 Å². The Hall–Kier alpha value is -1.50. The molecule has 0 radical (unpaired) electrons. The van der Waals surface area contributed by atoms with Crippen LogP contribution >= 0.6 is 11.5 Å². The fourth-order valence-corrected chi connectivity index (χ4v) is 3.14. The number of morpholine rings is 1. The van der Waals surface area contributed by atoms with Crippen molar-refractivity contribution in [1.29, 1.82) is 0 Å². The van der Waals surface area contributed by atoms with E-state index in [1.54, 1.807) is 4.90 Å². The van der Waals surface area contributed by atoms with E-state index in [0.29, 0.717) is 17.8 Å². The summed E-state index contributed by atoms with van der Waals surface area (Å²) in [5.41, 5.74) is 0.739. The monoisotopic (exact) mass is 267 g/mol. The number of hydrogen-bond acceptors (Lipinski definition) is 6. The van der Waals surface area contributed by atoms with Crippen LogP contribution in [0.1, 0.15) is 35.1 Å². The molecule has 96 valence electrons. The molecule has 1 amide bonds. The summed E-state index contributed by atoms with van der Waals surface area (Å²) in [6.07, 6.45) is 2.16. The van der Waals surface area contributed by atoms with Crippen molar-refractivity contribution in [3.63, 3.8) is 0 Å². The molecule has 2 fully saturated rings. The molecule has 0 unspecified atom stereocenters. The van der Waals surface area contributed by atoms with Crippen LogP contribution in [0, 0.1) is 0 Å². The molecule has 2 atom stereocenters. The average molecular weight is 267 g/mol. The SMILES string of the molecule is CCCc1nnsc1C(=O)N1C[C@@H]2C[C@H]1C(=O)O2. The second-order valence-corrected chi connectivity index (χ2v) is 5.32. The van der Waals surface area contributed by atoms with Crippen LogP contribution in [0.3, 0.4) is 0 Å². The van der Waals surface area contributed by atoms with E-state index in [4.69, 9.17) is 4.74 Å². The number of esters is 1. The first-order valence-corrected chi connectivity index (χ1v) is 6.80. The van der Waals surface area contributed by atoms with Gasteiger partial charge in [0.25, 0.3) is 5.91 Å². The van der Waals surface area contributed by atoms with Crippen molar-refractivity contribution >= 4 is 23.4 Å². The van der Waals surface area contributed by atoms with Gasteiger partial charge in [-0.15, -0.1) is 5.10 Å². The number of carbonyl (C=O) groups is 2. The normalized spacial score (nSPS) is 25.6. The smallest absolute Gasteiger partial charge is 0.329 e. The zero-order valence-electron chi connectivity index (χ0n) is 9.96. The number of hydrogen-bond donors (Lipinski definition) is 0. The Balaban J connectivity index is 1.83. The first-order chi connectivity index (χ1) is 8.70. The van der Waals surface area contributed by atoms with E-state index in [-0.39, 0.29) is 18.0 Å². The summed E-state index contributed by atoms with van der Waals surface area (Å²) in [6, 6.07) is -0.404. The zero-order valence-corrected chi connectivity index (χ0v) is 10.8. The van der Waals surface area contributed by atoms with Crippen molar-refractivity contribution in [2.75, 3.05) is 6.54 Å². The fraction of sp³-hybridized carbons (Fsp3) is 0.636. The third kappa shape index (κ3) is 1.69. The van der Waals surface area contributed by atoms with Gasteiger partial charge in [-0.05, 0) is 18.0 Å². The van der Waals surface area contributed by atoms with Crippen molar-refractivity contribution in [2.45, 2.75) is 38.3 Å². The Morgan fingerprint density at radius 1 is 1.61 bits per heavy atom. The van der Waals surface area contributed by atoms with Gasteiger partial charge in [-0.2, -0.15) is 0 Å². The Bertz CT molecular complexity index is 501. The lowest BCUT2D eigenvalue weighted by Crippen LogP contribution is -2.44. The molecule has 2 aliphatic rings. The molecule has 18 heavy (non-hydrogen) atoms. The summed E-state index contributed by atoms with van der Waals surface area (Å²) in [5.74, 6) is -0.410. The molecule has 2 aliphatic heterocycles. The van der Waals surface area contributed by atoms with Gasteiger partial charge < -0.3 is 9.64 Å². The van der Waals surface area contributed by atoms with Gasteiger partial charge in [0.2, 0.25) is 0 Å². The molecule has 0 N–H and O–H groups in total. The predicted octanol–water partition coefficient (Wildman–Crippen LogP) is 0.631. The molecule has 3 rings (SSSR count). The van der Waals surface area contributed by atoms with Gasteiger partial charge in [0, 0.05) is 6.42 Å². The van der Waals surface area contributed by atoms with E-state index < -0.39 is 6.04 Å². The first-order valence-electron chi connectivity index (χ1n) is 6.03. The molecule has 6 nitrogen and oxygen atoms in total.